The highest BCUT2D eigenvalue weighted by Crippen LogP contribution is 2.22. The van der Waals surface area contributed by atoms with Crippen molar-refractivity contribution in [1.82, 2.24) is 4.90 Å². The maximum Gasteiger partial charge on any atom is 0.228 e. The number of carbonyl (C=O) groups excluding carboxylic acids is 1. The van der Waals surface area contributed by atoms with Gasteiger partial charge in [0, 0.05) is 19.2 Å². The number of hydrogen-bond acceptors (Lipinski definition) is 2. The molecule has 5 heteroatoms. The van der Waals surface area contributed by atoms with E-state index in [1.165, 1.54) is 17.2 Å². The molecule has 0 radical (unpaired) electrons. The number of rotatable bonds is 4. The van der Waals surface area contributed by atoms with Gasteiger partial charge < -0.3 is 5.32 Å². The fourth-order valence-electron chi connectivity index (χ4n) is 3.31. The highest BCUT2D eigenvalue weighted by atomic mass is 19.1. The molecular weight excluding hydrogens is 322 g/mol. The second-order valence-electron chi connectivity index (χ2n) is 6.68. The van der Waals surface area contributed by atoms with Gasteiger partial charge in [-0.15, -0.1) is 0 Å². The lowest BCUT2D eigenvalue weighted by atomic mass is 9.96. The van der Waals surface area contributed by atoms with E-state index in [1.807, 2.05) is 6.07 Å². The molecule has 2 aromatic rings. The first-order valence-corrected chi connectivity index (χ1v) is 8.55. The summed E-state index contributed by atoms with van der Waals surface area (Å²) in [6.07, 6.45) is 1.70. The zero-order chi connectivity index (χ0) is 17.8. The SMILES string of the molecule is Cc1cccc(CN2CCCC(C(=O)Nc3ccc(F)cc3F)C2)c1. The summed E-state index contributed by atoms with van der Waals surface area (Å²) in [5, 5.41) is 2.59. The molecule has 0 aliphatic carbocycles. The van der Waals surface area contributed by atoms with E-state index in [1.54, 1.807) is 0 Å². The minimum Gasteiger partial charge on any atom is -0.323 e. The summed E-state index contributed by atoms with van der Waals surface area (Å²) in [4.78, 5) is 14.7. The molecule has 0 saturated carbocycles. The molecule has 1 aliphatic rings. The Hall–Kier alpha value is -2.27. The molecule has 1 heterocycles. The van der Waals surface area contributed by atoms with Crippen LogP contribution in [0, 0.1) is 24.5 Å². The first-order valence-electron chi connectivity index (χ1n) is 8.55. The van der Waals surface area contributed by atoms with Gasteiger partial charge in [0.15, 0.2) is 0 Å². The van der Waals surface area contributed by atoms with E-state index >= 15 is 0 Å². The first kappa shape index (κ1) is 17.5. The molecule has 2 aromatic carbocycles. The normalized spacial score (nSPS) is 18.1. The minimum atomic E-state index is -0.749. The molecule has 0 bridgehead atoms. The van der Waals surface area contributed by atoms with Crippen LogP contribution in [0.3, 0.4) is 0 Å². The second kappa shape index (κ2) is 7.74. The molecule has 1 amide bonds. The molecule has 1 N–H and O–H groups in total. The van der Waals surface area contributed by atoms with Crippen molar-refractivity contribution in [3.8, 4) is 0 Å². The van der Waals surface area contributed by atoms with E-state index in [2.05, 4.69) is 35.3 Å². The monoisotopic (exact) mass is 344 g/mol. The lowest BCUT2D eigenvalue weighted by Crippen LogP contribution is -2.40. The molecular formula is C20H22F2N2O. The predicted molar refractivity (Wildman–Crippen MR) is 94.2 cm³/mol. The van der Waals surface area contributed by atoms with Crippen LogP contribution in [0.15, 0.2) is 42.5 Å². The van der Waals surface area contributed by atoms with Crippen molar-refractivity contribution < 1.29 is 13.6 Å². The van der Waals surface area contributed by atoms with E-state index < -0.39 is 11.6 Å². The van der Waals surface area contributed by atoms with Gasteiger partial charge in [-0.2, -0.15) is 0 Å². The van der Waals surface area contributed by atoms with Crippen molar-refractivity contribution >= 4 is 11.6 Å². The zero-order valence-corrected chi connectivity index (χ0v) is 14.3. The minimum absolute atomic E-state index is 0.0298. The Morgan fingerprint density at radius 3 is 2.84 bits per heavy atom. The molecule has 3 nitrogen and oxygen atoms in total. The lowest BCUT2D eigenvalue weighted by Gasteiger charge is -2.32. The number of aryl methyl sites for hydroxylation is 1. The van der Waals surface area contributed by atoms with Gasteiger partial charge in [0.2, 0.25) is 5.91 Å². The second-order valence-corrected chi connectivity index (χ2v) is 6.68. The van der Waals surface area contributed by atoms with Crippen molar-refractivity contribution in [1.29, 1.82) is 0 Å². The van der Waals surface area contributed by atoms with Crippen molar-refractivity contribution in [2.75, 3.05) is 18.4 Å². The van der Waals surface area contributed by atoms with Crippen LogP contribution in [0.25, 0.3) is 0 Å². The van der Waals surface area contributed by atoms with E-state index in [0.29, 0.717) is 6.54 Å². The van der Waals surface area contributed by atoms with E-state index in [0.717, 1.165) is 38.1 Å². The number of nitrogens with one attached hydrogen (secondary N) is 1. The van der Waals surface area contributed by atoms with E-state index in [-0.39, 0.29) is 17.5 Å². The number of anilines is 1. The summed E-state index contributed by atoms with van der Waals surface area (Å²) >= 11 is 0. The van der Waals surface area contributed by atoms with Crippen molar-refractivity contribution in [2.45, 2.75) is 26.3 Å². The summed E-state index contributed by atoms with van der Waals surface area (Å²) < 4.78 is 26.7. The van der Waals surface area contributed by atoms with Gasteiger partial charge in [-0.25, -0.2) is 8.78 Å². The fourth-order valence-corrected chi connectivity index (χ4v) is 3.31. The number of benzene rings is 2. The van der Waals surface area contributed by atoms with Crippen LogP contribution in [-0.2, 0) is 11.3 Å². The van der Waals surface area contributed by atoms with Crippen molar-refractivity contribution in [3.05, 3.63) is 65.2 Å². The standard InChI is InChI=1S/C20H22F2N2O/c1-14-4-2-5-15(10-14)12-24-9-3-6-16(13-24)20(25)23-19-8-7-17(21)11-18(19)22/h2,4-5,7-8,10-11,16H,3,6,9,12-13H2,1H3,(H,23,25). The largest absolute Gasteiger partial charge is 0.323 e. The molecule has 25 heavy (non-hydrogen) atoms. The average molecular weight is 344 g/mol. The number of likely N-dealkylation sites (tertiary alicyclic amines) is 1. The molecule has 132 valence electrons. The van der Waals surface area contributed by atoms with Gasteiger partial charge in [-0.3, -0.25) is 9.69 Å². The van der Waals surface area contributed by atoms with Gasteiger partial charge >= 0.3 is 0 Å². The number of piperidine rings is 1. The molecule has 1 atom stereocenters. The lowest BCUT2D eigenvalue weighted by molar-refractivity contribution is -0.121. The Morgan fingerprint density at radius 2 is 2.08 bits per heavy atom. The quantitative estimate of drug-likeness (QED) is 0.905. The van der Waals surface area contributed by atoms with Crippen molar-refractivity contribution in [2.24, 2.45) is 5.92 Å². The van der Waals surface area contributed by atoms with Gasteiger partial charge in [-0.05, 0) is 44.0 Å². The van der Waals surface area contributed by atoms with Gasteiger partial charge in [0.05, 0.1) is 11.6 Å². The fraction of sp³-hybridized carbons (Fsp3) is 0.350. The summed E-state index contributed by atoms with van der Waals surface area (Å²) in [6.45, 7) is 4.45. The summed E-state index contributed by atoms with van der Waals surface area (Å²) in [6, 6.07) is 11.5. The number of halogens is 2. The van der Waals surface area contributed by atoms with Gasteiger partial charge in [0.25, 0.3) is 0 Å². The van der Waals surface area contributed by atoms with E-state index in [4.69, 9.17) is 0 Å². The Bertz CT molecular complexity index is 763. The molecule has 1 fully saturated rings. The maximum absolute atomic E-state index is 13.7. The molecule has 0 aromatic heterocycles. The van der Waals surface area contributed by atoms with Crippen LogP contribution in [0.5, 0.6) is 0 Å². The highest BCUT2D eigenvalue weighted by molar-refractivity contribution is 5.92. The number of amides is 1. The zero-order valence-electron chi connectivity index (χ0n) is 14.3. The third kappa shape index (κ3) is 4.63. The maximum atomic E-state index is 13.7. The number of carbonyl (C=O) groups is 1. The molecule has 1 saturated heterocycles. The molecule has 0 spiro atoms. The molecule has 1 unspecified atom stereocenters. The Labute approximate surface area is 146 Å². The Kier molecular flexibility index (Phi) is 5.43. The molecule has 1 aliphatic heterocycles. The molecule has 3 rings (SSSR count). The first-order chi connectivity index (χ1) is 12.0. The predicted octanol–water partition coefficient (Wildman–Crippen LogP) is 4.12. The third-order valence-electron chi connectivity index (χ3n) is 4.55. The smallest absolute Gasteiger partial charge is 0.228 e. The van der Waals surface area contributed by atoms with Crippen LogP contribution in [0.2, 0.25) is 0 Å². The van der Waals surface area contributed by atoms with Crippen LogP contribution in [0.1, 0.15) is 24.0 Å². The number of hydrogen-bond donors (Lipinski definition) is 1. The highest BCUT2D eigenvalue weighted by Gasteiger charge is 2.26. The van der Waals surface area contributed by atoms with Gasteiger partial charge in [0.1, 0.15) is 11.6 Å². The van der Waals surface area contributed by atoms with Crippen LogP contribution >= 0.6 is 0 Å². The summed E-state index contributed by atoms with van der Waals surface area (Å²) in [5.41, 5.74) is 2.48. The van der Waals surface area contributed by atoms with E-state index in [9.17, 15) is 13.6 Å². The average Bonchev–Trinajstić information content (AvgIpc) is 2.57. The topological polar surface area (TPSA) is 32.3 Å². The van der Waals surface area contributed by atoms with Crippen LogP contribution in [0.4, 0.5) is 14.5 Å². The summed E-state index contributed by atoms with van der Waals surface area (Å²) in [5.74, 6) is -1.80. The third-order valence-corrected chi connectivity index (χ3v) is 4.55. The van der Waals surface area contributed by atoms with Crippen molar-refractivity contribution in [3.63, 3.8) is 0 Å². The Morgan fingerprint density at radius 1 is 1.24 bits per heavy atom. The van der Waals surface area contributed by atoms with Gasteiger partial charge in [-0.1, -0.05) is 29.8 Å². The van der Waals surface area contributed by atoms with Crippen LogP contribution in [-0.4, -0.2) is 23.9 Å². The Balaban J connectivity index is 1.61. The number of nitrogens with zero attached hydrogens (tertiary/aromatic N) is 1. The van der Waals surface area contributed by atoms with Crippen LogP contribution < -0.4 is 5.32 Å². The summed E-state index contributed by atoms with van der Waals surface area (Å²) in [7, 11) is 0.